The van der Waals surface area contributed by atoms with Crippen molar-refractivity contribution in [3.63, 3.8) is 0 Å². The molecule has 3 nitrogen and oxygen atoms in total. The van der Waals surface area contributed by atoms with Crippen LogP contribution in [0.3, 0.4) is 0 Å². The van der Waals surface area contributed by atoms with Gasteiger partial charge in [0.1, 0.15) is 5.75 Å². The normalized spacial score (nSPS) is 9.95. The van der Waals surface area contributed by atoms with Crippen LogP contribution in [0.2, 0.25) is 0 Å². The third-order valence-electron chi connectivity index (χ3n) is 2.47. The largest absolute Gasteiger partial charge is 0.497 e. The number of thioether (sulfide) groups is 1. The minimum absolute atomic E-state index is 0.0148. The molecular formula is C15H15NO2S. The van der Waals surface area contributed by atoms with Crippen molar-refractivity contribution in [1.82, 2.24) is 0 Å². The highest BCUT2D eigenvalue weighted by atomic mass is 32.2. The second-order valence-corrected chi connectivity index (χ2v) is 4.93. The van der Waals surface area contributed by atoms with E-state index in [0.29, 0.717) is 5.75 Å². The van der Waals surface area contributed by atoms with Gasteiger partial charge >= 0.3 is 0 Å². The molecule has 0 atom stereocenters. The standard InChI is InChI=1S/C15H15NO2S/c1-18-13-8-5-9-14(10-13)19-11-15(17)16-12-6-3-2-4-7-12/h2-10H,11H2,1H3,(H,16,17). The lowest BCUT2D eigenvalue weighted by Crippen LogP contribution is -2.13. The zero-order valence-electron chi connectivity index (χ0n) is 10.6. The maximum Gasteiger partial charge on any atom is 0.234 e. The Kier molecular flexibility index (Phi) is 4.86. The molecular weight excluding hydrogens is 258 g/mol. The first-order chi connectivity index (χ1) is 9.28. The van der Waals surface area contributed by atoms with Crippen LogP contribution < -0.4 is 10.1 Å². The lowest BCUT2D eigenvalue weighted by Gasteiger charge is -2.06. The molecule has 0 aromatic heterocycles. The van der Waals surface area contributed by atoms with Crippen LogP contribution in [0.25, 0.3) is 0 Å². The van der Waals surface area contributed by atoms with E-state index in [2.05, 4.69) is 5.32 Å². The summed E-state index contributed by atoms with van der Waals surface area (Å²) < 4.78 is 5.14. The number of benzene rings is 2. The summed E-state index contributed by atoms with van der Waals surface area (Å²) in [6, 6.07) is 17.1. The van der Waals surface area contributed by atoms with Crippen molar-refractivity contribution in [2.75, 3.05) is 18.2 Å². The molecule has 0 aliphatic carbocycles. The van der Waals surface area contributed by atoms with Crippen LogP contribution in [0.1, 0.15) is 0 Å². The van der Waals surface area contributed by atoms with Crippen molar-refractivity contribution >= 4 is 23.4 Å². The third kappa shape index (κ3) is 4.34. The van der Waals surface area contributed by atoms with Gasteiger partial charge in [0.05, 0.1) is 12.9 Å². The molecule has 0 aliphatic rings. The van der Waals surface area contributed by atoms with Gasteiger partial charge in [-0.15, -0.1) is 11.8 Å². The van der Waals surface area contributed by atoms with Gasteiger partial charge in [0.15, 0.2) is 0 Å². The number of ether oxygens (including phenoxy) is 1. The summed E-state index contributed by atoms with van der Waals surface area (Å²) >= 11 is 1.49. The van der Waals surface area contributed by atoms with Gasteiger partial charge in [-0.05, 0) is 30.3 Å². The minimum atomic E-state index is -0.0148. The van der Waals surface area contributed by atoms with E-state index in [4.69, 9.17) is 4.74 Å². The van der Waals surface area contributed by atoms with Crippen molar-refractivity contribution in [3.8, 4) is 5.75 Å². The number of amides is 1. The highest BCUT2D eigenvalue weighted by Gasteiger charge is 2.04. The predicted octanol–water partition coefficient (Wildman–Crippen LogP) is 3.43. The molecule has 1 amide bonds. The Labute approximate surface area is 117 Å². The van der Waals surface area contributed by atoms with Gasteiger partial charge in [-0.3, -0.25) is 4.79 Å². The van der Waals surface area contributed by atoms with Crippen molar-refractivity contribution in [2.24, 2.45) is 0 Å². The molecule has 19 heavy (non-hydrogen) atoms. The molecule has 0 aliphatic heterocycles. The number of anilines is 1. The number of rotatable bonds is 5. The molecule has 0 saturated heterocycles. The van der Waals surface area contributed by atoms with E-state index in [1.807, 2.05) is 54.6 Å². The Balaban J connectivity index is 1.86. The molecule has 2 aromatic rings. The van der Waals surface area contributed by atoms with Gasteiger partial charge in [-0.25, -0.2) is 0 Å². The summed E-state index contributed by atoms with van der Waals surface area (Å²) in [5, 5.41) is 2.85. The minimum Gasteiger partial charge on any atom is -0.497 e. The molecule has 4 heteroatoms. The van der Waals surface area contributed by atoms with Gasteiger partial charge in [-0.2, -0.15) is 0 Å². The first-order valence-electron chi connectivity index (χ1n) is 5.89. The SMILES string of the molecule is COc1cccc(SCC(=O)Nc2ccccc2)c1. The smallest absolute Gasteiger partial charge is 0.234 e. The van der Waals surface area contributed by atoms with E-state index in [1.54, 1.807) is 7.11 Å². The van der Waals surface area contributed by atoms with Gasteiger partial charge in [0.2, 0.25) is 5.91 Å². The van der Waals surface area contributed by atoms with E-state index in [0.717, 1.165) is 16.3 Å². The van der Waals surface area contributed by atoms with Crippen LogP contribution >= 0.6 is 11.8 Å². The Bertz CT molecular complexity index is 543. The maximum atomic E-state index is 11.8. The number of nitrogens with one attached hydrogen (secondary N) is 1. The Morgan fingerprint density at radius 2 is 1.95 bits per heavy atom. The topological polar surface area (TPSA) is 38.3 Å². The Hall–Kier alpha value is -1.94. The summed E-state index contributed by atoms with van der Waals surface area (Å²) in [6.07, 6.45) is 0. The molecule has 0 saturated carbocycles. The average molecular weight is 273 g/mol. The van der Waals surface area contributed by atoms with Crippen molar-refractivity contribution in [2.45, 2.75) is 4.90 Å². The van der Waals surface area contributed by atoms with Crippen LogP contribution in [0, 0.1) is 0 Å². The highest BCUT2D eigenvalue weighted by molar-refractivity contribution is 8.00. The fourth-order valence-electron chi connectivity index (χ4n) is 1.56. The maximum absolute atomic E-state index is 11.8. The summed E-state index contributed by atoms with van der Waals surface area (Å²) in [5.41, 5.74) is 0.818. The fraction of sp³-hybridized carbons (Fsp3) is 0.133. The summed E-state index contributed by atoms with van der Waals surface area (Å²) in [6.45, 7) is 0. The molecule has 0 fully saturated rings. The van der Waals surface area contributed by atoms with E-state index < -0.39 is 0 Å². The lowest BCUT2D eigenvalue weighted by atomic mass is 10.3. The number of methoxy groups -OCH3 is 1. The second kappa shape index (κ2) is 6.85. The summed E-state index contributed by atoms with van der Waals surface area (Å²) in [7, 11) is 1.63. The van der Waals surface area contributed by atoms with Crippen molar-refractivity contribution in [3.05, 3.63) is 54.6 Å². The molecule has 0 heterocycles. The van der Waals surface area contributed by atoms with Crippen LogP contribution in [0.4, 0.5) is 5.69 Å². The lowest BCUT2D eigenvalue weighted by molar-refractivity contribution is -0.113. The molecule has 0 spiro atoms. The van der Waals surface area contributed by atoms with E-state index in [1.165, 1.54) is 11.8 Å². The quantitative estimate of drug-likeness (QED) is 0.848. The second-order valence-electron chi connectivity index (χ2n) is 3.88. The molecule has 98 valence electrons. The molecule has 0 bridgehead atoms. The van der Waals surface area contributed by atoms with Crippen molar-refractivity contribution < 1.29 is 9.53 Å². The molecule has 2 rings (SSSR count). The molecule has 0 radical (unpaired) electrons. The van der Waals surface area contributed by atoms with Crippen LogP contribution in [-0.2, 0) is 4.79 Å². The summed E-state index contributed by atoms with van der Waals surface area (Å²) in [5.74, 6) is 1.16. The number of carbonyl (C=O) groups excluding carboxylic acids is 1. The number of hydrogen-bond donors (Lipinski definition) is 1. The van der Waals surface area contributed by atoms with Crippen LogP contribution in [0.15, 0.2) is 59.5 Å². The number of carbonyl (C=O) groups is 1. The number of para-hydroxylation sites is 1. The van der Waals surface area contributed by atoms with Crippen molar-refractivity contribution in [1.29, 1.82) is 0 Å². The number of hydrogen-bond acceptors (Lipinski definition) is 3. The van der Waals surface area contributed by atoms with Gasteiger partial charge < -0.3 is 10.1 Å². The van der Waals surface area contributed by atoms with E-state index >= 15 is 0 Å². The zero-order chi connectivity index (χ0) is 13.5. The average Bonchev–Trinajstić information content (AvgIpc) is 2.46. The summed E-state index contributed by atoms with van der Waals surface area (Å²) in [4.78, 5) is 12.8. The molecule has 1 N–H and O–H groups in total. The van der Waals surface area contributed by atoms with Crippen LogP contribution in [0.5, 0.6) is 5.75 Å². The van der Waals surface area contributed by atoms with Crippen LogP contribution in [-0.4, -0.2) is 18.8 Å². The molecule has 2 aromatic carbocycles. The predicted molar refractivity (Wildman–Crippen MR) is 78.8 cm³/mol. The van der Waals surface area contributed by atoms with Gasteiger partial charge in [0, 0.05) is 10.6 Å². The van der Waals surface area contributed by atoms with E-state index in [9.17, 15) is 4.79 Å². The zero-order valence-corrected chi connectivity index (χ0v) is 11.4. The first-order valence-corrected chi connectivity index (χ1v) is 6.88. The fourth-order valence-corrected chi connectivity index (χ4v) is 2.30. The Morgan fingerprint density at radius 3 is 2.68 bits per heavy atom. The van der Waals surface area contributed by atoms with E-state index in [-0.39, 0.29) is 5.91 Å². The highest BCUT2D eigenvalue weighted by Crippen LogP contribution is 2.22. The Morgan fingerprint density at radius 1 is 1.16 bits per heavy atom. The van der Waals surface area contributed by atoms with Gasteiger partial charge in [0.25, 0.3) is 0 Å². The molecule has 0 unspecified atom stereocenters. The first kappa shape index (κ1) is 13.5. The third-order valence-corrected chi connectivity index (χ3v) is 3.46. The monoisotopic (exact) mass is 273 g/mol. The van der Waals surface area contributed by atoms with Gasteiger partial charge in [-0.1, -0.05) is 24.3 Å².